The van der Waals surface area contributed by atoms with Gasteiger partial charge < -0.3 is 0 Å². The highest BCUT2D eigenvalue weighted by molar-refractivity contribution is 5.98. The van der Waals surface area contributed by atoms with E-state index in [2.05, 4.69) is 36.4 Å². The Morgan fingerprint density at radius 3 is 2.48 bits per heavy atom. The van der Waals surface area contributed by atoms with Gasteiger partial charge in [0.05, 0.1) is 11.5 Å². The third-order valence-corrected chi connectivity index (χ3v) is 7.88. The van der Waals surface area contributed by atoms with Crippen molar-refractivity contribution in [3.63, 3.8) is 0 Å². The van der Waals surface area contributed by atoms with Crippen LogP contribution in [0.3, 0.4) is 0 Å². The van der Waals surface area contributed by atoms with E-state index in [0.717, 1.165) is 24.1 Å². The summed E-state index contributed by atoms with van der Waals surface area (Å²) in [6.07, 6.45) is 3.31. The Hall–Kier alpha value is -3.03. The summed E-state index contributed by atoms with van der Waals surface area (Å²) in [4.78, 5) is 23.4. The van der Waals surface area contributed by atoms with Gasteiger partial charge in [-0.15, -0.1) is 0 Å². The van der Waals surface area contributed by atoms with Crippen molar-refractivity contribution in [2.75, 3.05) is 0 Å². The number of aryl methyl sites for hydroxylation is 1. The van der Waals surface area contributed by atoms with Crippen LogP contribution in [0.15, 0.2) is 29.4 Å². The Kier molecular flexibility index (Phi) is 4.98. The fourth-order valence-corrected chi connectivity index (χ4v) is 5.32. The number of amides is 1. The van der Waals surface area contributed by atoms with E-state index in [0.29, 0.717) is 29.4 Å². The van der Waals surface area contributed by atoms with Crippen molar-refractivity contribution in [3.05, 3.63) is 56.9 Å². The molecule has 2 aromatic rings. The normalized spacial score (nSPS) is 25.2. The molecule has 1 amide bonds. The zero-order valence-electron chi connectivity index (χ0n) is 18.7. The minimum atomic E-state index is -0.402. The summed E-state index contributed by atoms with van der Waals surface area (Å²) in [5.41, 5.74) is 6.52. The molecular formula is C23H29N5O3. The fourth-order valence-electron chi connectivity index (χ4n) is 5.32. The van der Waals surface area contributed by atoms with Gasteiger partial charge in [0.2, 0.25) is 0 Å². The van der Waals surface area contributed by atoms with Crippen molar-refractivity contribution in [2.24, 2.45) is 21.8 Å². The second-order valence-electron chi connectivity index (χ2n) is 9.62. The lowest BCUT2D eigenvalue weighted by atomic mass is 9.70. The molecule has 0 unspecified atom stereocenters. The molecule has 2 aliphatic carbocycles. The van der Waals surface area contributed by atoms with Crippen LogP contribution >= 0.6 is 0 Å². The van der Waals surface area contributed by atoms with Gasteiger partial charge in [-0.3, -0.25) is 19.6 Å². The molecule has 4 rings (SSSR count). The number of carbonyl (C=O) groups is 1. The molecule has 2 saturated carbocycles. The molecule has 0 spiro atoms. The molecule has 2 fully saturated rings. The molecule has 1 aromatic carbocycles. The first-order valence-electron chi connectivity index (χ1n) is 10.7. The van der Waals surface area contributed by atoms with E-state index in [1.54, 1.807) is 30.7 Å². The lowest BCUT2D eigenvalue weighted by molar-refractivity contribution is -0.386. The molecular weight excluding hydrogens is 394 g/mol. The van der Waals surface area contributed by atoms with Gasteiger partial charge in [-0.25, -0.2) is 5.43 Å². The SMILES string of the molecule is Cc1nn(Cc2ccc(C(=O)N/N=C3/C[C@@H]4CC[C@@]3(C)C4(C)C)cc2)c(C)c1[N+](=O)[O-]. The molecule has 2 atom stereocenters. The summed E-state index contributed by atoms with van der Waals surface area (Å²) in [7, 11) is 0. The van der Waals surface area contributed by atoms with Crippen LogP contribution in [-0.4, -0.2) is 26.3 Å². The predicted octanol–water partition coefficient (Wildman–Crippen LogP) is 4.39. The van der Waals surface area contributed by atoms with Crippen molar-refractivity contribution in [1.82, 2.24) is 15.2 Å². The van der Waals surface area contributed by atoms with E-state index in [9.17, 15) is 14.9 Å². The van der Waals surface area contributed by atoms with Gasteiger partial charge >= 0.3 is 5.69 Å². The molecule has 2 bridgehead atoms. The predicted molar refractivity (Wildman–Crippen MR) is 118 cm³/mol. The summed E-state index contributed by atoms with van der Waals surface area (Å²) < 4.78 is 1.62. The molecule has 1 aromatic heterocycles. The minimum Gasteiger partial charge on any atom is -0.267 e. The summed E-state index contributed by atoms with van der Waals surface area (Å²) in [5.74, 6) is 0.405. The number of nitrogens with one attached hydrogen (secondary N) is 1. The van der Waals surface area contributed by atoms with E-state index < -0.39 is 4.92 Å². The molecule has 0 saturated heterocycles. The summed E-state index contributed by atoms with van der Waals surface area (Å²) >= 11 is 0. The monoisotopic (exact) mass is 423 g/mol. The van der Waals surface area contributed by atoms with Crippen LogP contribution in [0.2, 0.25) is 0 Å². The van der Waals surface area contributed by atoms with Gasteiger partial charge in [-0.05, 0) is 62.1 Å². The molecule has 164 valence electrons. The average Bonchev–Trinajstić information content (AvgIpc) is 3.19. The van der Waals surface area contributed by atoms with Gasteiger partial charge in [0.1, 0.15) is 11.4 Å². The lowest BCUT2D eigenvalue weighted by Crippen LogP contribution is -2.34. The number of rotatable bonds is 5. The summed E-state index contributed by atoms with van der Waals surface area (Å²) in [6, 6.07) is 7.17. The highest BCUT2D eigenvalue weighted by Gasteiger charge is 2.60. The standard InChI is InChI=1S/C23H29N5O3/c1-14-20(28(30)31)15(2)27(26-14)13-16-6-8-17(9-7-16)21(29)25-24-19-12-18-10-11-23(19,5)22(18,3)4/h6-9,18H,10-13H2,1-5H3,(H,25,29)/b24-19-/t18-,23+/m0/s1. The maximum Gasteiger partial charge on any atom is 0.312 e. The number of hydrazone groups is 1. The third kappa shape index (κ3) is 3.34. The number of carbonyl (C=O) groups excluding carboxylic acids is 1. The van der Waals surface area contributed by atoms with Gasteiger partial charge in [-0.2, -0.15) is 10.2 Å². The fraction of sp³-hybridized carbons (Fsp3) is 0.522. The zero-order chi connectivity index (χ0) is 22.6. The maximum absolute atomic E-state index is 12.6. The van der Waals surface area contributed by atoms with Gasteiger partial charge in [0.15, 0.2) is 0 Å². The van der Waals surface area contributed by atoms with E-state index in [1.807, 2.05) is 12.1 Å². The van der Waals surface area contributed by atoms with Crippen molar-refractivity contribution >= 4 is 17.3 Å². The number of hydrogen-bond acceptors (Lipinski definition) is 5. The number of fused-ring (bicyclic) bond motifs is 2. The molecule has 31 heavy (non-hydrogen) atoms. The molecule has 0 aliphatic heterocycles. The largest absolute Gasteiger partial charge is 0.312 e. The Bertz CT molecular complexity index is 1080. The van der Waals surface area contributed by atoms with E-state index in [1.165, 1.54) is 6.42 Å². The van der Waals surface area contributed by atoms with Crippen molar-refractivity contribution in [1.29, 1.82) is 0 Å². The van der Waals surface area contributed by atoms with E-state index in [4.69, 9.17) is 0 Å². The first-order chi connectivity index (χ1) is 14.5. The Morgan fingerprint density at radius 2 is 1.97 bits per heavy atom. The van der Waals surface area contributed by atoms with Crippen LogP contribution in [0.25, 0.3) is 0 Å². The van der Waals surface area contributed by atoms with E-state index in [-0.39, 0.29) is 22.4 Å². The summed E-state index contributed by atoms with van der Waals surface area (Å²) in [6.45, 7) is 10.6. The quantitative estimate of drug-likeness (QED) is 0.569. The van der Waals surface area contributed by atoms with Gasteiger partial charge in [0, 0.05) is 16.7 Å². The molecule has 0 radical (unpaired) electrons. The van der Waals surface area contributed by atoms with E-state index >= 15 is 0 Å². The first-order valence-corrected chi connectivity index (χ1v) is 10.7. The van der Waals surface area contributed by atoms with Crippen molar-refractivity contribution < 1.29 is 9.72 Å². The zero-order valence-corrected chi connectivity index (χ0v) is 18.7. The Balaban J connectivity index is 1.44. The molecule has 1 N–H and O–H groups in total. The number of nitrogens with zero attached hydrogens (tertiary/aromatic N) is 4. The average molecular weight is 424 g/mol. The minimum absolute atomic E-state index is 0.0487. The van der Waals surface area contributed by atoms with Gasteiger partial charge in [0.25, 0.3) is 5.91 Å². The van der Waals surface area contributed by atoms with Crippen molar-refractivity contribution in [3.8, 4) is 0 Å². The molecule has 2 aliphatic rings. The maximum atomic E-state index is 12.6. The van der Waals surface area contributed by atoms with Gasteiger partial charge in [-0.1, -0.05) is 32.9 Å². The highest BCUT2D eigenvalue weighted by atomic mass is 16.6. The molecule has 8 heteroatoms. The van der Waals surface area contributed by atoms with Crippen LogP contribution < -0.4 is 5.43 Å². The molecule has 1 heterocycles. The number of hydrogen-bond donors (Lipinski definition) is 1. The van der Waals surface area contributed by atoms with Crippen LogP contribution in [0.1, 0.15) is 67.3 Å². The lowest BCUT2D eigenvalue weighted by Gasteiger charge is -2.34. The van der Waals surface area contributed by atoms with Crippen LogP contribution in [0.5, 0.6) is 0 Å². The number of benzene rings is 1. The second kappa shape index (κ2) is 7.28. The second-order valence-corrected chi connectivity index (χ2v) is 9.62. The number of aromatic nitrogens is 2. The Morgan fingerprint density at radius 1 is 1.29 bits per heavy atom. The molecule has 8 nitrogen and oxygen atoms in total. The van der Waals surface area contributed by atoms with Crippen molar-refractivity contribution in [2.45, 2.75) is 60.4 Å². The smallest absolute Gasteiger partial charge is 0.267 e. The topological polar surface area (TPSA) is 102 Å². The first kappa shape index (κ1) is 21.2. The third-order valence-electron chi connectivity index (χ3n) is 7.88. The summed E-state index contributed by atoms with van der Waals surface area (Å²) in [5, 5.41) is 20.0. The highest BCUT2D eigenvalue weighted by Crippen LogP contribution is 2.63. The van der Waals surface area contributed by atoms with Crippen LogP contribution in [-0.2, 0) is 6.54 Å². The Labute approximate surface area is 181 Å². The van der Waals surface area contributed by atoms with Crippen LogP contribution in [0.4, 0.5) is 5.69 Å². The number of nitro groups is 1. The van der Waals surface area contributed by atoms with Crippen LogP contribution in [0, 0.1) is 40.7 Å².